The minimum Gasteiger partial charge on any atom is -0.404 e. The van der Waals surface area contributed by atoms with Crippen molar-refractivity contribution in [3.8, 4) is 6.07 Å². The Kier molecular flexibility index (Phi) is 3.05. The fourth-order valence-corrected chi connectivity index (χ4v) is 2.17. The summed E-state index contributed by atoms with van der Waals surface area (Å²) in [5, 5.41) is 11.7. The second kappa shape index (κ2) is 4.54. The Morgan fingerprint density at radius 1 is 1.53 bits per heavy atom. The zero-order chi connectivity index (χ0) is 14.2. The van der Waals surface area contributed by atoms with E-state index in [0.717, 1.165) is 32.6 Å². The maximum atomic E-state index is 9.09. The van der Waals surface area contributed by atoms with Gasteiger partial charge < -0.3 is 16.5 Å². The van der Waals surface area contributed by atoms with E-state index in [4.69, 9.17) is 16.7 Å². The van der Waals surface area contributed by atoms with Gasteiger partial charge in [0.05, 0.1) is 17.1 Å². The van der Waals surface area contributed by atoms with Gasteiger partial charge in [-0.3, -0.25) is 0 Å². The number of aryl methyl sites for hydroxylation is 1. The number of hydrogen-bond donors (Lipinski definition) is 3. The summed E-state index contributed by atoms with van der Waals surface area (Å²) in [5.74, 6) is 0. The van der Waals surface area contributed by atoms with Crippen LogP contribution in [0.2, 0.25) is 0 Å². The molecule has 0 aliphatic heterocycles. The molecule has 0 unspecified atom stereocenters. The van der Waals surface area contributed by atoms with Gasteiger partial charge in [0.15, 0.2) is 0 Å². The zero-order valence-electron chi connectivity index (χ0n) is 11.0. The SMILES string of the molecule is C=c1[nH]c2c(C)c(C#N)cc(N)c2/c1=C/C(C)=C\N. The minimum absolute atomic E-state index is 0.569. The van der Waals surface area contributed by atoms with E-state index in [0.29, 0.717) is 11.3 Å². The molecule has 1 heterocycles. The van der Waals surface area contributed by atoms with Crippen molar-refractivity contribution in [1.82, 2.24) is 4.98 Å². The number of nitriles is 1. The number of nitrogens with two attached hydrogens (primary N) is 2. The molecule has 0 spiro atoms. The van der Waals surface area contributed by atoms with Crippen LogP contribution in [0.4, 0.5) is 5.69 Å². The third-order valence-electron chi connectivity index (χ3n) is 3.24. The van der Waals surface area contributed by atoms with Gasteiger partial charge in [-0.1, -0.05) is 6.58 Å². The average Bonchev–Trinajstić information content (AvgIpc) is 2.71. The Bertz CT molecular complexity index is 832. The Morgan fingerprint density at radius 2 is 2.21 bits per heavy atom. The summed E-state index contributed by atoms with van der Waals surface area (Å²) < 4.78 is 0. The first kappa shape index (κ1) is 12.8. The maximum Gasteiger partial charge on any atom is 0.0996 e. The normalized spacial score (nSPS) is 12.9. The third-order valence-corrected chi connectivity index (χ3v) is 3.24. The Labute approximate surface area is 111 Å². The van der Waals surface area contributed by atoms with Crippen LogP contribution < -0.4 is 22.0 Å². The number of H-pyrrole nitrogens is 1. The first-order chi connectivity index (χ1) is 8.99. The van der Waals surface area contributed by atoms with Crippen LogP contribution in [0.15, 0.2) is 17.8 Å². The first-order valence-electron chi connectivity index (χ1n) is 5.89. The van der Waals surface area contributed by atoms with E-state index < -0.39 is 0 Å². The largest absolute Gasteiger partial charge is 0.404 e. The van der Waals surface area contributed by atoms with Gasteiger partial charge in [0, 0.05) is 21.6 Å². The molecule has 5 N–H and O–H groups in total. The number of nitrogens with zero attached hydrogens (tertiary/aromatic N) is 1. The fraction of sp³-hybridized carbons (Fsp3) is 0.133. The molecule has 0 radical (unpaired) electrons. The van der Waals surface area contributed by atoms with Crippen molar-refractivity contribution in [2.45, 2.75) is 13.8 Å². The molecule has 4 nitrogen and oxygen atoms in total. The van der Waals surface area contributed by atoms with Gasteiger partial charge in [-0.05, 0) is 43.3 Å². The predicted octanol–water partition coefficient (Wildman–Crippen LogP) is 0.983. The van der Waals surface area contributed by atoms with Gasteiger partial charge in [-0.15, -0.1) is 0 Å². The lowest BCUT2D eigenvalue weighted by Crippen LogP contribution is -2.21. The summed E-state index contributed by atoms with van der Waals surface area (Å²) in [6, 6.07) is 3.85. The number of benzene rings is 1. The quantitative estimate of drug-likeness (QED) is 0.661. The topological polar surface area (TPSA) is 91.6 Å². The Balaban J connectivity index is 3.03. The molecule has 0 saturated heterocycles. The zero-order valence-corrected chi connectivity index (χ0v) is 11.0. The lowest BCUT2D eigenvalue weighted by atomic mass is 10.0. The Hall–Kier alpha value is -2.67. The summed E-state index contributed by atoms with van der Waals surface area (Å²) in [5.41, 5.74) is 15.4. The molecule has 4 heteroatoms. The van der Waals surface area contributed by atoms with Crippen molar-refractivity contribution in [3.63, 3.8) is 0 Å². The van der Waals surface area contributed by atoms with Crippen molar-refractivity contribution in [3.05, 3.63) is 39.5 Å². The van der Waals surface area contributed by atoms with Crippen LogP contribution in [0.1, 0.15) is 18.1 Å². The maximum absolute atomic E-state index is 9.09. The van der Waals surface area contributed by atoms with E-state index in [1.165, 1.54) is 6.20 Å². The first-order valence-corrected chi connectivity index (χ1v) is 5.89. The summed E-state index contributed by atoms with van der Waals surface area (Å²) in [6.45, 7) is 7.79. The summed E-state index contributed by atoms with van der Waals surface area (Å²) in [4.78, 5) is 3.20. The van der Waals surface area contributed by atoms with Crippen LogP contribution in [0.25, 0.3) is 23.6 Å². The lowest BCUT2D eigenvalue weighted by molar-refractivity contribution is 1.33. The lowest BCUT2D eigenvalue weighted by Gasteiger charge is -2.03. The second-order valence-electron chi connectivity index (χ2n) is 4.57. The molecule has 0 saturated carbocycles. The molecule has 0 amide bonds. The summed E-state index contributed by atoms with van der Waals surface area (Å²) in [7, 11) is 0. The van der Waals surface area contributed by atoms with Crippen LogP contribution >= 0.6 is 0 Å². The molecule has 2 rings (SSSR count). The molecule has 0 fully saturated rings. The molecule has 1 aromatic carbocycles. The van der Waals surface area contributed by atoms with Crippen LogP contribution in [0.5, 0.6) is 0 Å². The van der Waals surface area contributed by atoms with Gasteiger partial charge in [0.2, 0.25) is 0 Å². The smallest absolute Gasteiger partial charge is 0.0996 e. The van der Waals surface area contributed by atoms with Crippen LogP contribution in [0, 0.1) is 18.3 Å². The van der Waals surface area contributed by atoms with Crippen LogP contribution in [-0.2, 0) is 0 Å². The summed E-state index contributed by atoms with van der Waals surface area (Å²) >= 11 is 0. The highest BCUT2D eigenvalue weighted by Gasteiger charge is 2.10. The van der Waals surface area contributed by atoms with Gasteiger partial charge in [-0.25, -0.2) is 0 Å². The van der Waals surface area contributed by atoms with Gasteiger partial charge in [0.1, 0.15) is 0 Å². The number of nitrogen functional groups attached to an aromatic ring is 1. The number of allylic oxidation sites excluding steroid dienone is 1. The van der Waals surface area contributed by atoms with Crippen molar-refractivity contribution >= 4 is 29.2 Å². The highest BCUT2D eigenvalue weighted by molar-refractivity contribution is 5.96. The van der Waals surface area contributed by atoms with E-state index in [1.54, 1.807) is 6.07 Å². The monoisotopic (exact) mass is 252 g/mol. The fourth-order valence-electron chi connectivity index (χ4n) is 2.17. The standard InChI is InChI=1S/C15H16N4/c1-8(6-16)4-12-10(3)19-15-9(2)11(7-17)5-13(18)14(12)15/h4-6,19H,3,16,18H2,1-2H3/b8-6-,12-4+. The average molecular weight is 252 g/mol. The van der Waals surface area contributed by atoms with E-state index in [2.05, 4.69) is 17.6 Å². The molecule has 96 valence electrons. The van der Waals surface area contributed by atoms with Gasteiger partial charge in [-0.2, -0.15) is 5.26 Å². The number of hydrogen-bond acceptors (Lipinski definition) is 3. The molecule has 19 heavy (non-hydrogen) atoms. The molecule has 1 aromatic heterocycles. The van der Waals surface area contributed by atoms with Crippen molar-refractivity contribution < 1.29 is 0 Å². The van der Waals surface area contributed by atoms with Crippen molar-refractivity contribution in [1.29, 1.82) is 5.26 Å². The minimum atomic E-state index is 0.569. The molecular formula is C15H16N4. The van der Waals surface area contributed by atoms with Crippen LogP contribution in [0.3, 0.4) is 0 Å². The Morgan fingerprint density at radius 3 is 2.79 bits per heavy atom. The number of aromatic amines is 1. The second-order valence-corrected chi connectivity index (χ2v) is 4.57. The highest BCUT2D eigenvalue weighted by Crippen LogP contribution is 2.22. The van der Waals surface area contributed by atoms with E-state index >= 15 is 0 Å². The number of nitrogens with one attached hydrogen (secondary N) is 1. The number of aromatic nitrogens is 1. The number of rotatable bonds is 1. The summed E-state index contributed by atoms with van der Waals surface area (Å²) in [6.07, 6.45) is 3.47. The van der Waals surface area contributed by atoms with Gasteiger partial charge in [0.25, 0.3) is 0 Å². The third kappa shape index (κ3) is 1.95. The predicted molar refractivity (Wildman–Crippen MR) is 79.3 cm³/mol. The van der Waals surface area contributed by atoms with E-state index in [1.807, 2.05) is 19.9 Å². The molecule has 0 aliphatic rings. The number of anilines is 1. The van der Waals surface area contributed by atoms with E-state index in [-0.39, 0.29) is 0 Å². The molecule has 0 aliphatic carbocycles. The molecule has 0 bridgehead atoms. The van der Waals surface area contributed by atoms with Gasteiger partial charge >= 0.3 is 0 Å². The van der Waals surface area contributed by atoms with Crippen LogP contribution in [-0.4, -0.2) is 4.98 Å². The highest BCUT2D eigenvalue weighted by atomic mass is 14.7. The number of fused-ring (bicyclic) bond motifs is 1. The van der Waals surface area contributed by atoms with Crippen molar-refractivity contribution in [2.75, 3.05) is 5.73 Å². The molecular weight excluding hydrogens is 236 g/mol. The van der Waals surface area contributed by atoms with Crippen molar-refractivity contribution in [2.24, 2.45) is 5.73 Å². The molecule has 2 aromatic rings. The molecule has 0 atom stereocenters. The van der Waals surface area contributed by atoms with E-state index in [9.17, 15) is 0 Å².